The number of methoxy groups -OCH3 is 1. The second-order valence-electron chi connectivity index (χ2n) is 4.87. The van der Waals surface area contributed by atoms with Crippen molar-refractivity contribution in [3.63, 3.8) is 0 Å². The number of hydrogen-bond donors (Lipinski definition) is 1. The lowest BCUT2D eigenvalue weighted by Crippen LogP contribution is -2.05. The summed E-state index contributed by atoms with van der Waals surface area (Å²) < 4.78 is 5.33. The average Bonchev–Trinajstić information content (AvgIpc) is 3.29. The minimum atomic E-state index is 0.487. The lowest BCUT2D eigenvalue weighted by atomic mass is 10.2. The molecule has 0 bridgehead atoms. The van der Waals surface area contributed by atoms with Gasteiger partial charge >= 0.3 is 0 Å². The van der Waals surface area contributed by atoms with Crippen LogP contribution in [0.15, 0.2) is 30.3 Å². The Labute approximate surface area is 123 Å². The predicted molar refractivity (Wildman–Crippen MR) is 79.3 cm³/mol. The van der Waals surface area contributed by atoms with Gasteiger partial charge in [-0.2, -0.15) is 0 Å². The number of halogens is 1. The van der Waals surface area contributed by atoms with Crippen molar-refractivity contribution in [1.29, 1.82) is 0 Å². The molecule has 4 nitrogen and oxygen atoms in total. The SMILES string of the molecule is COc1ccccc1CNc1cc(Cl)nc(C2CC2)n1. The van der Waals surface area contributed by atoms with Crippen molar-refractivity contribution >= 4 is 17.4 Å². The Kier molecular flexibility index (Phi) is 3.74. The van der Waals surface area contributed by atoms with Crippen molar-refractivity contribution in [3.05, 3.63) is 46.9 Å². The van der Waals surface area contributed by atoms with Crippen LogP contribution in [0.4, 0.5) is 5.82 Å². The molecule has 1 heterocycles. The molecule has 0 amide bonds. The lowest BCUT2D eigenvalue weighted by Gasteiger charge is -2.10. The fraction of sp³-hybridized carbons (Fsp3) is 0.333. The van der Waals surface area contributed by atoms with Crippen LogP contribution in [0.5, 0.6) is 5.75 Å². The van der Waals surface area contributed by atoms with Crippen LogP contribution in [0, 0.1) is 0 Å². The van der Waals surface area contributed by atoms with Crippen molar-refractivity contribution in [1.82, 2.24) is 9.97 Å². The molecule has 0 atom stereocenters. The topological polar surface area (TPSA) is 47.0 Å². The summed E-state index contributed by atoms with van der Waals surface area (Å²) in [4.78, 5) is 8.79. The number of benzene rings is 1. The first-order valence-corrected chi connectivity index (χ1v) is 7.04. The van der Waals surface area contributed by atoms with Crippen molar-refractivity contribution in [3.8, 4) is 5.75 Å². The van der Waals surface area contributed by atoms with Crippen LogP contribution >= 0.6 is 11.6 Å². The summed E-state index contributed by atoms with van der Waals surface area (Å²) >= 11 is 6.05. The van der Waals surface area contributed by atoms with Crippen LogP contribution in [0.3, 0.4) is 0 Å². The van der Waals surface area contributed by atoms with Crippen molar-refractivity contribution in [2.24, 2.45) is 0 Å². The molecule has 0 spiro atoms. The van der Waals surface area contributed by atoms with Gasteiger partial charge in [0.25, 0.3) is 0 Å². The van der Waals surface area contributed by atoms with E-state index in [2.05, 4.69) is 15.3 Å². The number of rotatable bonds is 5. The number of ether oxygens (including phenoxy) is 1. The van der Waals surface area contributed by atoms with E-state index in [1.807, 2.05) is 24.3 Å². The van der Waals surface area contributed by atoms with E-state index in [1.165, 1.54) is 0 Å². The third-order valence-corrected chi connectivity index (χ3v) is 3.50. The van der Waals surface area contributed by atoms with E-state index in [0.29, 0.717) is 17.6 Å². The van der Waals surface area contributed by atoms with Crippen LogP contribution in [-0.4, -0.2) is 17.1 Å². The van der Waals surface area contributed by atoms with E-state index in [1.54, 1.807) is 13.2 Å². The summed E-state index contributed by atoms with van der Waals surface area (Å²) in [5, 5.41) is 3.77. The van der Waals surface area contributed by atoms with Crippen molar-refractivity contribution in [2.75, 3.05) is 12.4 Å². The molecule has 1 saturated carbocycles. The average molecular weight is 290 g/mol. The largest absolute Gasteiger partial charge is 0.496 e. The first-order chi connectivity index (χ1) is 9.76. The maximum atomic E-state index is 6.05. The number of para-hydroxylation sites is 1. The maximum absolute atomic E-state index is 6.05. The first-order valence-electron chi connectivity index (χ1n) is 6.66. The highest BCUT2D eigenvalue weighted by molar-refractivity contribution is 6.29. The summed E-state index contributed by atoms with van der Waals surface area (Å²) in [7, 11) is 1.67. The van der Waals surface area contributed by atoms with Crippen molar-refractivity contribution in [2.45, 2.75) is 25.3 Å². The molecule has 0 aliphatic heterocycles. The zero-order chi connectivity index (χ0) is 13.9. The molecule has 2 aromatic rings. The van der Waals surface area contributed by atoms with Gasteiger partial charge in [0.05, 0.1) is 7.11 Å². The second-order valence-corrected chi connectivity index (χ2v) is 5.26. The van der Waals surface area contributed by atoms with Crippen LogP contribution < -0.4 is 10.1 Å². The molecule has 1 aromatic carbocycles. The van der Waals surface area contributed by atoms with Gasteiger partial charge in [0.2, 0.25) is 0 Å². The first kappa shape index (κ1) is 13.2. The normalized spacial score (nSPS) is 14.1. The monoisotopic (exact) mass is 289 g/mol. The summed E-state index contributed by atoms with van der Waals surface area (Å²) in [5.41, 5.74) is 1.08. The Morgan fingerprint density at radius 1 is 1.30 bits per heavy atom. The Hall–Kier alpha value is -1.81. The maximum Gasteiger partial charge on any atom is 0.135 e. The second kappa shape index (κ2) is 5.67. The van der Waals surface area contributed by atoms with Gasteiger partial charge < -0.3 is 10.1 Å². The van der Waals surface area contributed by atoms with Gasteiger partial charge in [-0.15, -0.1) is 0 Å². The Morgan fingerprint density at radius 3 is 2.85 bits per heavy atom. The summed E-state index contributed by atoms with van der Waals surface area (Å²) in [6.45, 7) is 0.640. The zero-order valence-electron chi connectivity index (χ0n) is 11.3. The van der Waals surface area contributed by atoms with E-state index < -0.39 is 0 Å². The van der Waals surface area contributed by atoms with Gasteiger partial charge in [0.15, 0.2) is 0 Å². The molecule has 3 rings (SSSR count). The molecular weight excluding hydrogens is 274 g/mol. The highest BCUT2D eigenvalue weighted by atomic mass is 35.5. The zero-order valence-corrected chi connectivity index (χ0v) is 12.0. The molecule has 5 heteroatoms. The minimum Gasteiger partial charge on any atom is -0.496 e. The predicted octanol–water partition coefficient (Wildman–Crippen LogP) is 3.63. The van der Waals surface area contributed by atoms with Crippen LogP contribution in [0.2, 0.25) is 5.15 Å². The Balaban J connectivity index is 1.74. The molecule has 1 fully saturated rings. The van der Waals surface area contributed by atoms with Gasteiger partial charge in [-0.05, 0) is 18.9 Å². The van der Waals surface area contributed by atoms with Crippen LogP contribution in [0.25, 0.3) is 0 Å². The van der Waals surface area contributed by atoms with E-state index in [4.69, 9.17) is 16.3 Å². The van der Waals surface area contributed by atoms with Crippen LogP contribution in [0.1, 0.15) is 30.1 Å². The highest BCUT2D eigenvalue weighted by Crippen LogP contribution is 2.38. The van der Waals surface area contributed by atoms with Gasteiger partial charge in [-0.1, -0.05) is 29.8 Å². The molecule has 0 saturated heterocycles. The van der Waals surface area contributed by atoms with Crippen LogP contribution in [-0.2, 0) is 6.54 Å². The molecule has 20 heavy (non-hydrogen) atoms. The highest BCUT2D eigenvalue weighted by Gasteiger charge is 2.27. The summed E-state index contributed by atoms with van der Waals surface area (Å²) in [5.74, 6) is 2.96. The molecule has 1 N–H and O–H groups in total. The molecule has 1 aromatic heterocycles. The third kappa shape index (κ3) is 3.02. The summed E-state index contributed by atoms with van der Waals surface area (Å²) in [6, 6.07) is 9.66. The molecule has 0 radical (unpaired) electrons. The lowest BCUT2D eigenvalue weighted by molar-refractivity contribution is 0.410. The fourth-order valence-electron chi connectivity index (χ4n) is 2.08. The van der Waals surface area contributed by atoms with Gasteiger partial charge in [0, 0.05) is 24.1 Å². The van der Waals surface area contributed by atoms with E-state index >= 15 is 0 Å². The smallest absolute Gasteiger partial charge is 0.135 e. The fourth-order valence-corrected chi connectivity index (χ4v) is 2.27. The molecule has 1 aliphatic carbocycles. The molecule has 1 aliphatic rings. The number of hydrogen-bond acceptors (Lipinski definition) is 4. The number of nitrogens with zero attached hydrogens (tertiary/aromatic N) is 2. The number of aromatic nitrogens is 2. The number of nitrogens with one attached hydrogen (secondary N) is 1. The third-order valence-electron chi connectivity index (χ3n) is 3.31. The van der Waals surface area contributed by atoms with E-state index in [0.717, 1.165) is 35.8 Å². The Morgan fingerprint density at radius 2 is 2.10 bits per heavy atom. The molecule has 104 valence electrons. The summed E-state index contributed by atoms with van der Waals surface area (Å²) in [6.07, 6.45) is 2.32. The minimum absolute atomic E-state index is 0.487. The quantitative estimate of drug-likeness (QED) is 0.854. The van der Waals surface area contributed by atoms with Gasteiger partial charge in [0.1, 0.15) is 22.5 Å². The standard InChI is InChI=1S/C15H16ClN3O/c1-20-12-5-3-2-4-11(12)9-17-14-8-13(16)18-15(19-14)10-6-7-10/h2-5,8,10H,6-7,9H2,1H3,(H,17,18,19). The Bertz CT molecular complexity index is 614. The van der Waals surface area contributed by atoms with Gasteiger partial charge in [-0.3, -0.25) is 0 Å². The molecular formula is C15H16ClN3O. The number of anilines is 1. The van der Waals surface area contributed by atoms with E-state index in [9.17, 15) is 0 Å². The van der Waals surface area contributed by atoms with Gasteiger partial charge in [-0.25, -0.2) is 9.97 Å². The van der Waals surface area contributed by atoms with Crippen molar-refractivity contribution < 1.29 is 4.74 Å². The van der Waals surface area contributed by atoms with E-state index in [-0.39, 0.29) is 0 Å². The molecule has 0 unspecified atom stereocenters.